The normalized spacial score (nSPS) is 12.9. The Kier molecular flexibility index (Phi) is 3.28. The van der Waals surface area contributed by atoms with E-state index in [-0.39, 0.29) is 0 Å². The third-order valence-corrected chi connectivity index (χ3v) is 3.01. The summed E-state index contributed by atoms with van der Waals surface area (Å²) in [6, 6.07) is 1.98. The highest BCUT2D eigenvalue weighted by Gasteiger charge is 2.14. The summed E-state index contributed by atoms with van der Waals surface area (Å²) >= 11 is 0. The molecular weight excluding hydrogens is 216 g/mol. The van der Waals surface area contributed by atoms with Crippen molar-refractivity contribution >= 4 is 0 Å². The van der Waals surface area contributed by atoms with Gasteiger partial charge in [0.05, 0.1) is 11.8 Å². The Balaban J connectivity index is 2.00. The van der Waals surface area contributed by atoms with Crippen LogP contribution in [-0.4, -0.2) is 24.7 Å². The molecule has 2 heterocycles. The maximum Gasteiger partial charge on any atom is 0.0826 e. The summed E-state index contributed by atoms with van der Waals surface area (Å²) < 4.78 is 3.57. The molecule has 5 heteroatoms. The molecule has 0 bridgehead atoms. The van der Waals surface area contributed by atoms with Gasteiger partial charge < -0.3 is 5.11 Å². The molecule has 0 radical (unpaired) electrons. The number of hydrogen-bond donors (Lipinski definition) is 1. The van der Waals surface area contributed by atoms with E-state index in [1.807, 2.05) is 38.0 Å². The zero-order valence-electron chi connectivity index (χ0n) is 10.5. The molecule has 2 rings (SSSR count). The van der Waals surface area contributed by atoms with Gasteiger partial charge in [0, 0.05) is 37.7 Å². The fourth-order valence-electron chi connectivity index (χ4n) is 2.03. The molecule has 1 atom stereocenters. The smallest absolute Gasteiger partial charge is 0.0826 e. The first-order chi connectivity index (χ1) is 8.08. The van der Waals surface area contributed by atoms with Gasteiger partial charge in [0.2, 0.25) is 0 Å². The van der Waals surface area contributed by atoms with Crippen LogP contribution in [-0.2, 0) is 20.5 Å². The molecule has 5 nitrogen and oxygen atoms in total. The van der Waals surface area contributed by atoms with Crippen molar-refractivity contribution < 1.29 is 5.11 Å². The lowest BCUT2D eigenvalue weighted by Gasteiger charge is -2.09. The summed E-state index contributed by atoms with van der Waals surface area (Å²) in [5.74, 6) is 0. The summed E-state index contributed by atoms with van der Waals surface area (Å²) in [5.41, 5.74) is 2.94. The van der Waals surface area contributed by atoms with Crippen LogP contribution < -0.4 is 0 Å². The van der Waals surface area contributed by atoms with Gasteiger partial charge in [0.15, 0.2) is 0 Å². The van der Waals surface area contributed by atoms with Gasteiger partial charge in [0.1, 0.15) is 0 Å². The fraction of sp³-hybridized carbons (Fsp3) is 0.500. The molecule has 17 heavy (non-hydrogen) atoms. The fourth-order valence-corrected chi connectivity index (χ4v) is 2.03. The first kappa shape index (κ1) is 11.9. The molecule has 0 fully saturated rings. The van der Waals surface area contributed by atoms with E-state index < -0.39 is 6.10 Å². The minimum Gasteiger partial charge on any atom is -0.388 e. The molecule has 1 unspecified atom stereocenters. The molecule has 0 spiro atoms. The molecule has 92 valence electrons. The number of aliphatic hydroxyl groups is 1. The van der Waals surface area contributed by atoms with E-state index in [1.54, 1.807) is 10.9 Å². The Hall–Kier alpha value is -1.62. The Morgan fingerprint density at radius 3 is 2.71 bits per heavy atom. The monoisotopic (exact) mass is 234 g/mol. The topological polar surface area (TPSA) is 55.9 Å². The van der Waals surface area contributed by atoms with Gasteiger partial charge in [-0.3, -0.25) is 9.36 Å². The number of aliphatic hydroxyl groups excluding tert-OH is 1. The van der Waals surface area contributed by atoms with Crippen LogP contribution in [0.4, 0.5) is 0 Å². The van der Waals surface area contributed by atoms with Crippen molar-refractivity contribution in [3.05, 3.63) is 35.4 Å². The summed E-state index contributed by atoms with van der Waals surface area (Å²) in [6.07, 6.45) is 4.69. The maximum atomic E-state index is 10.1. The molecule has 0 saturated carbocycles. The number of nitrogens with zero attached hydrogens (tertiary/aromatic N) is 4. The van der Waals surface area contributed by atoms with E-state index in [0.717, 1.165) is 23.4 Å². The SMILES string of the molecule is Cc1nn(C)cc1C(O)CCc1ccnn1C. The highest BCUT2D eigenvalue weighted by atomic mass is 16.3. The standard InChI is InChI=1S/C12H18N4O/c1-9-11(8-15(2)14-9)12(17)5-4-10-6-7-13-16(10)3/h6-8,12,17H,4-5H2,1-3H3. The molecule has 1 N–H and O–H groups in total. The predicted octanol–water partition coefficient (Wildman–Crippen LogP) is 1.13. The molecule has 0 amide bonds. The summed E-state index contributed by atoms with van der Waals surface area (Å²) in [6.45, 7) is 1.92. The first-order valence-corrected chi connectivity index (χ1v) is 5.73. The molecule has 0 saturated heterocycles. The second-order valence-electron chi connectivity index (χ2n) is 4.34. The lowest BCUT2D eigenvalue weighted by molar-refractivity contribution is 0.166. The van der Waals surface area contributed by atoms with Gasteiger partial charge in [-0.05, 0) is 25.8 Å². The Labute approximate surface area is 101 Å². The highest BCUT2D eigenvalue weighted by molar-refractivity contribution is 5.18. The average molecular weight is 234 g/mol. The van der Waals surface area contributed by atoms with Crippen molar-refractivity contribution in [3.8, 4) is 0 Å². The lowest BCUT2D eigenvalue weighted by Crippen LogP contribution is -2.04. The predicted molar refractivity (Wildman–Crippen MR) is 64.4 cm³/mol. The van der Waals surface area contributed by atoms with Crippen LogP contribution in [0.5, 0.6) is 0 Å². The molecule has 0 aliphatic carbocycles. The van der Waals surface area contributed by atoms with Crippen molar-refractivity contribution in [2.75, 3.05) is 0 Å². The number of aromatic nitrogens is 4. The van der Waals surface area contributed by atoms with E-state index in [0.29, 0.717) is 6.42 Å². The van der Waals surface area contributed by atoms with Crippen molar-refractivity contribution in [1.82, 2.24) is 19.6 Å². The maximum absolute atomic E-state index is 10.1. The van der Waals surface area contributed by atoms with E-state index in [9.17, 15) is 5.11 Å². The molecule has 0 aliphatic heterocycles. The van der Waals surface area contributed by atoms with Gasteiger partial charge in [-0.2, -0.15) is 10.2 Å². The van der Waals surface area contributed by atoms with Crippen LogP contribution in [0.3, 0.4) is 0 Å². The quantitative estimate of drug-likeness (QED) is 0.862. The number of aryl methyl sites for hydroxylation is 4. The third kappa shape index (κ3) is 2.55. The van der Waals surface area contributed by atoms with Gasteiger partial charge in [-0.15, -0.1) is 0 Å². The second-order valence-corrected chi connectivity index (χ2v) is 4.34. The largest absolute Gasteiger partial charge is 0.388 e. The Bertz CT molecular complexity index is 500. The average Bonchev–Trinajstić information content (AvgIpc) is 2.81. The van der Waals surface area contributed by atoms with Crippen molar-refractivity contribution in [2.45, 2.75) is 25.9 Å². The minimum atomic E-state index is -0.460. The van der Waals surface area contributed by atoms with E-state index in [2.05, 4.69) is 10.2 Å². The zero-order valence-corrected chi connectivity index (χ0v) is 10.5. The second kappa shape index (κ2) is 4.71. The van der Waals surface area contributed by atoms with Crippen molar-refractivity contribution in [1.29, 1.82) is 0 Å². The minimum absolute atomic E-state index is 0.460. The Morgan fingerprint density at radius 1 is 1.41 bits per heavy atom. The third-order valence-electron chi connectivity index (χ3n) is 3.01. The van der Waals surface area contributed by atoms with E-state index in [1.165, 1.54) is 0 Å². The van der Waals surface area contributed by atoms with Gasteiger partial charge in [0.25, 0.3) is 0 Å². The molecule has 2 aromatic rings. The molecular formula is C12H18N4O. The van der Waals surface area contributed by atoms with Crippen LogP contribution in [0.15, 0.2) is 18.5 Å². The Morgan fingerprint density at radius 2 is 2.18 bits per heavy atom. The lowest BCUT2D eigenvalue weighted by atomic mass is 10.0. The zero-order chi connectivity index (χ0) is 12.4. The van der Waals surface area contributed by atoms with Crippen LogP contribution in [0.2, 0.25) is 0 Å². The first-order valence-electron chi connectivity index (χ1n) is 5.73. The van der Waals surface area contributed by atoms with Crippen LogP contribution in [0, 0.1) is 6.92 Å². The van der Waals surface area contributed by atoms with Gasteiger partial charge >= 0.3 is 0 Å². The van der Waals surface area contributed by atoms with E-state index in [4.69, 9.17) is 0 Å². The van der Waals surface area contributed by atoms with Crippen LogP contribution in [0.25, 0.3) is 0 Å². The molecule has 0 aliphatic rings. The van der Waals surface area contributed by atoms with Crippen molar-refractivity contribution in [2.24, 2.45) is 14.1 Å². The number of hydrogen-bond acceptors (Lipinski definition) is 3. The summed E-state index contributed by atoms with van der Waals surface area (Å²) in [7, 11) is 3.78. The highest BCUT2D eigenvalue weighted by Crippen LogP contribution is 2.21. The summed E-state index contributed by atoms with van der Waals surface area (Å²) in [4.78, 5) is 0. The van der Waals surface area contributed by atoms with E-state index >= 15 is 0 Å². The van der Waals surface area contributed by atoms with Crippen LogP contribution in [0.1, 0.15) is 29.5 Å². The molecule has 0 aromatic carbocycles. The number of rotatable bonds is 4. The van der Waals surface area contributed by atoms with Crippen LogP contribution >= 0.6 is 0 Å². The summed E-state index contributed by atoms with van der Waals surface area (Å²) in [5, 5.41) is 18.5. The van der Waals surface area contributed by atoms with Gasteiger partial charge in [-0.1, -0.05) is 0 Å². The molecule has 2 aromatic heterocycles. The van der Waals surface area contributed by atoms with Crippen molar-refractivity contribution in [3.63, 3.8) is 0 Å². The van der Waals surface area contributed by atoms with Gasteiger partial charge in [-0.25, -0.2) is 0 Å².